The second-order valence-corrected chi connectivity index (χ2v) is 7.80. The van der Waals surface area contributed by atoms with Crippen molar-refractivity contribution in [2.75, 3.05) is 18.3 Å². The van der Waals surface area contributed by atoms with Gasteiger partial charge in [0.15, 0.2) is 15.8 Å². The lowest BCUT2D eigenvalue weighted by Crippen LogP contribution is -2.27. The van der Waals surface area contributed by atoms with Gasteiger partial charge in [0, 0.05) is 6.07 Å². The molecule has 0 aliphatic carbocycles. The molecular weight excluding hydrogens is 414 g/mol. The lowest BCUT2D eigenvalue weighted by molar-refractivity contribution is -0.137. The highest BCUT2D eigenvalue weighted by molar-refractivity contribution is 8.27. The zero-order chi connectivity index (χ0) is 20.4. The second-order valence-electron chi connectivity index (χ2n) is 6.12. The number of carbonyl (C=O) groups excluding carboxylic acids is 1. The standard InChI is InChI=1S/C20H15NO6S2/c22-18(23)6-7-25-14-3-1-2-12(8-14)9-17-19(24)21(20(28)29-17)13-4-5-15-16(10-13)27-11-26-15/h1-5,8-10H,6-7,11H2,(H,22,23)/b17-9+. The van der Waals surface area contributed by atoms with Crippen LogP contribution in [-0.4, -0.2) is 34.7 Å². The van der Waals surface area contributed by atoms with Crippen molar-refractivity contribution in [3.63, 3.8) is 0 Å². The van der Waals surface area contributed by atoms with Gasteiger partial charge in [-0.3, -0.25) is 14.5 Å². The van der Waals surface area contributed by atoms with Gasteiger partial charge >= 0.3 is 5.97 Å². The molecule has 0 aromatic heterocycles. The Kier molecular flexibility index (Phi) is 5.41. The summed E-state index contributed by atoms with van der Waals surface area (Å²) >= 11 is 6.61. The molecule has 0 unspecified atom stereocenters. The van der Waals surface area contributed by atoms with E-state index in [1.165, 1.54) is 16.7 Å². The molecule has 2 aromatic rings. The largest absolute Gasteiger partial charge is 0.493 e. The fourth-order valence-electron chi connectivity index (χ4n) is 2.82. The van der Waals surface area contributed by atoms with E-state index in [-0.39, 0.29) is 25.7 Å². The van der Waals surface area contributed by atoms with E-state index in [9.17, 15) is 9.59 Å². The van der Waals surface area contributed by atoms with Crippen LogP contribution in [0.5, 0.6) is 17.2 Å². The highest BCUT2D eigenvalue weighted by Crippen LogP contribution is 2.40. The number of benzene rings is 2. The molecule has 0 radical (unpaired) electrons. The van der Waals surface area contributed by atoms with Crippen LogP contribution in [0.15, 0.2) is 47.4 Å². The Morgan fingerprint density at radius 2 is 2.07 bits per heavy atom. The van der Waals surface area contributed by atoms with Gasteiger partial charge in [0.25, 0.3) is 5.91 Å². The van der Waals surface area contributed by atoms with Crippen molar-refractivity contribution in [3.8, 4) is 17.2 Å². The highest BCUT2D eigenvalue weighted by atomic mass is 32.2. The van der Waals surface area contributed by atoms with Crippen molar-refractivity contribution < 1.29 is 28.9 Å². The van der Waals surface area contributed by atoms with E-state index in [2.05, 4.69) is 0 Å². The molecule has 1 amide bonds. The number of hydrogen-bond acceptors (Lipinski definition) is 7. The Balaban J connectivity index is 1.53. The van der Waals surface area contributed by atoms with E-state index in [0.717, 1.165) is 5.56 Å². The predicted octanol–water partition coefficient (Wildman–Crippen LogP) is 3.67. The summed E-state index contributed by atoms with van der Waals surface area (Å²) in [6.07, 6.45) is 1.65. The predicted molar refractivity (Wildman–Crippen MR) is 112 cm³/mol. The first kappa shape index (κ1) is 19.3. The third kappa shape index (κ3) is 4.20. The van der Waals surface area contributed by atoms with Crippen LogP contribution in [0.25, 0.3) is 6.08 Å². The summed E-state index contributed by atoms with van der Waals surface area (Å²) in [7, 11) is 0. The molecule has 2 aliphatic rings. The smallest absolute Gasteiger partial charge is 0.306 e. The molecule has 2 heterocycles. The van der Waals surface area contributed by atoms with Crippen molar-refractivity contribution in [1.82, 2.24) is 0 Å². The number of carbonyl (C=O) groups is 2. The van der Waals surface area contributed by atoms with Crippen LogP contribution >= 0.6 is 24.0 Å². The van der Waals surface area contributed by atoms with Gasteiger partial charge in [-0.1, -0.05) is 36.1 Å². The fraction of sp³-hybridized carbons (Fsp3) is 0.150. The first-order chi connectivity index (χ1) is 14.0. The molecular formula is C20H15NO6S2. The number of anilines is 1. The Hall–Kier alpha value is -3.04. The molecule has 0 atom stereocenters. The third-order valence-corrected chi connectivity index (χ3v) is 5.45. The number of ether oxygens (including phenoxy) is 3. The number of aliphatic carboxylic acids is 1. The van der Waals surface area contributed by atoms with Gasteiger partial charge < -0.3 is 19.3 Å². The van der Waals surface area contributed by atoms with E-state index < -0.39 is 5.97 Å². The first-order valence-electron chi connectivity index (χ1n) is 8.63. The molecule has 9 heteroatoms. The van der Waals surface area contributed by atoms with Crippen molar-refractivity contribution in [3.05, 3.63) is 52.9 Å². The van der Waals surface area contributed by atoms with E-state index >= 15 is 0 Å². The maximum absolute atomic E-state index is 12.9. The molecule has 1 N–H and O–H groups in total. The molecule has 1 fully saturated rings. The van der Waals surface area contributed by atoms with Crippen molar-refractivity contribution >= 4 is 51.9 Å². The summed E-state index contributed by atoms with van der Waals surface area (Å²) in [5.41, 5.74) is 1.37. The number of carboxylic acids is 1. The number of carboxylic acid groups (broad SMARTS) is 1. The maximum atomic E-state index is 12.9. The van der Waals surface area contributed by atoms with Crippen LogP contribution in [0.3, 0.4) is 0 Å². The third-order valence-electron chi connectivity index (χ3n) is 4.15. The van der Waals surface area contributed by atoms with Crippen molar-refractivity contribution in [1.29, 1.82) is 0 Å². The summed E-state index contributed by atoms with van der Waals surface area (Å²) in [6, 6.07) is 12.3. The number of rotatable bonds is 6. The number of thiocarbonyl (C=S) groups is 1. The van der Waals surface area contributed by atoms with Crippen molar-refractivity contribution in [2.45, 2.75) is 6.42 Å². The van der Waals surface area contributed by atoms with Gasteiger partial charge in [-0.05, 0) is 35.9 Å². The number of thioether (sulfide) groups is 1. The van der Waals surface area contributed by atoms with Gasteiger partial charge in [0.05, 0.1) is 23.6 Å². The van der Waals surface area contributed by atoms with Crippen molar-refractivity contribution in [2.24, 2.45) is 0 Å². The number of hydrogen-bond donors (Lipinski definition) is 1. The maximum Gasteiger partial charge on any atom is 0.306 e. The zero-order valence-electron chi connectivity index (χ0n) is 15.0. The zero-order valence-corrected chi connectivity index (χ0v) is 16.6. The highest BCUT2D eigenvalue weighted by Gasteiger charge is 2.34. The van der Waals surface area contributed by atoms with Crippen LogP contribution in [0.4, 0.5) is 5.69 Å². The van der Waals surface area contributed by atoms with Gasteiger partial charge in [-0.15, -0.1) is 0 Å². The monoisotopic (exact) mass is 429 g/mol. The number of fused-ring (bicyclic) bond motifs is 1. The number of amides is 1. The van der Waals surface area contributed by atoms with E-state index in [0.29, 0.717) is 32.2 Å². The normalized spacial score (nSPS) is 16.6. The SMILES string of the molecule is O=C(O)CCOc1cccc(/C=C2/SC(=S)N(c3ccc4c(c3)OCO4)C2=O)c1. The van der Waals surface area contributed by atoms with Crippen LogP contribution in [-0.2, 0) is 9.59 Å². The Morgan fingerprint density at radius 1 is 1.24 bits per heavy atom. The molecule has 0 spiro atoms. The molecule has 1 saturated heterocycles. The quantitative estimate of drug-likeness (QED) is 0.550. The lowest BCUT2D eigenvalue weighted by Gasteiger charge is -2.14. The Bertz CT molecular complexity index is 1040. The minimum Gasteiger partial charge on any atom is -0.493 e. The van der Waals surface area contributed by atoms with Crippen LogP contribution in [0.2, 0.25) is 0 Å². The van der Waals surface area contributed by atoms with E-state index in [1.54, 1.807) is 42.5 Å². The number of nitrogens with zero attached hydrogens (tertiary/aromatic N) is 1. The molecule has 2 aliphatic heterocycles. The molecule has 7 nitrogen and oxygen atoms in total. The fourth-order valence-corrected chi connectivity index (χ4v) is 4.12. The molecule has 148 valence electrons. The first-order valence-corrected chi connectivity index (χ1v) is 9.86. The summed E-state index contributed by atoms with van der Waals surface area (Å²) in [5, 5.41) is 8.70. The van der Waals surface area contributed by atoms with Crippen LogP contribution < -0.4 is 19.1 Å². The summed E-state index contributed by atoms with van der Waals surface area (Å²) in [6.45, 7) is 0.229. The molecule has 2 aromatic carbocycles. The summed E-state index contributed by atoms with van der Waals surface area (Å²) in [4.78, 5) is 25.5. The average molecular weight is 429 g/mol. The average Bonchev–Trinajstić information content (AvgIpc) is 3.25. The van der Waals surface area contributed by atoms with Gasteiger partial charge in [0.2, 0.25) is 6.79 Å². The minimum atomic E-state index is -0.923. The summed E-state index contributed by atoms with van der Waals surface area (Å²) in [5.74, 6) is 0.594. The van der Waals surface area contributed by atoms with Gasteiger partial charge in [-0.25, -0.2) is 0 Å². The molecule has 0 saturated carbocycles. The molecule has 29 heavy (non-hydrogen) atoms. The van der Waals surface area contributed by atoms with Crippen LogP contribution in [0.1, 0.15) is 12.0 Å². The lowest BCUT2D eigenvalue weighted by atomic mass is 10.2. The summed E-state index contributed by atoms with van der Waals surface area (Å²) < 4.78 is 16.5. The second kappa shape index (κ2) is 8.14. The Morgan fingerprint density at radius 3 is 2.90 bits per heavy atom. The minimum absolute atomic E-state index is 0.0744. The topological polar surface area (TPSA) is 85.3 Å². The molecule has 4 rings (SSSR count). The van der Waals surface area contributed by atoms with Gasteiger partial charge in [-0.2, -0.15) is 0 Å². The van der Waals surface area contributed by atoms with Crippen LogP contribution in [0, 0.1) is 0 Å². The van der Waals surface area contributed by atoms with E-state index in [1.807, 2.05) is 6.07 Å². The van der Waals surface area contributed by atoms with E-state index in [4.69, 9.17) is 31.5 Å². The molecule has 0 bridgehead atoms. The Labute approximate surface area is 175 Å². The van der Waals surface area contributed by atoms with Gasteiger partial charge in [0.1, 0.15) is 5.75 Å².